The third-order valence-electron chi connectivity index (χ3n) is 3.85. The summed E-state index contributed by atoms with van der Waals surface area (Å²) in [5.74, 6) is 0.696. The third kappa shape index (κ3) is 2.57. The summed E-state index contributed by atoms with van der Waals surface area (Å²) < 4.78 is 1.98. The second-order valence-corrected chi connectivity index (χ2v) is 5.77. The van der Waals surface area contributed by atoms with Crippen LogP contribution in [0.1, 0.15) is 48.9 Å². The zero-order valence-electron chi connectivity index (χ0n) is 13.1. The van der Waals surface area contributed by atoms with Crippen molar-refractivity contribution in [2.75, 3.05) is 12.0 Å². The van der Waals surface area contributed by atoms with Crippen LogP contribution in [0.3, 0.4) is 0 Å². The maximum atomic E-state index is 12.6. The van der Waals surface area contributed by atoms with Crippen LogP contribution in [0, 0.1) is 0 Å². The summed E-state index contributed by atoms with van der Waals surface area (Å²) in [6.45, 7) is 6.58. The molecule has 1 aromatic carbocycles. The molecule has 22 heavy (non-hydrogen) atoms. The lowest BCUT2D eigenvalue weighted by atomic mass is 10.1. The second-order valence-electron chi connectivity index (χ2n) is 5.77. The normalized spacial score (nSPS) is 15.6. The molecule has 0 spiro atoms. The molecule has 0 radical (unpaired) electrons. The van der Waals surface area contributed by atoms with Gasteiger partial charge in [-0.15, -0.1) is 0 Å². The first-order valence-electron chi connectivity index (χ1n) is 7.51. The highest BCUT2D eigenvalue weighted by atomic mass is 16.2. The molecule has 2 heterocycles. The average molecular weight is 299 g/mol. The summed E-state index contributed by atoms with van der Waals surface area (Å²) in [5, 5.41) is 4.85. The third-order valence-corrected chi connectivity index (χ3v) is 3.85. The van der Waals surface area contributed by atoms with Crippen LogP contribution in [0.15, 0.2) is 36.7 Å². The minimum absolute atomic E-state index is 0.0423. The predicted molar refractivity (Wildman–Crippen MR) is 85.3 cm³/mol. The van der Waals surface area contributed by atoms with E-state index in [2.05, 4.69) is 29.6 Å². The van der Waals surface area contributed by atoms with Gasteiger partial charge in [-0.1, -0.05) is 30.3 Å². The van der Waals surface area contributed by atoms with Gasteiger partial charge >= 0.3 is 0 Å². The molecule has 6 heteroatoms. The highest BCUT2D eigenvalue weighted by Crippen LogP contribution is 2.24. The summed E-state index contributed by atoms with van der Waals surface area (Å²) in [7, 11) is 0. The Balaban J connectivity index is 1.76. The summed E-state index contributed by atoms with van der Waals surface area (Å²) >= 11 is 0. The molecule has 116 valence electrons. The SMILES string of the molecule is CC(NN1CNc2c(ncn2C(C)C)C1=O)c1ccccc1. The smallest absolute Gasteiger partial charge is 0.292 e. The van der Waals surface area contributed by atoms with Crippen molar-refractivity contribution in [2.24, 2.45) is 0 Å². The van der Waals surface area contributed by atoms with Crippen LogP contribution in [0.5, 0.6) is 0 Å². The van der Waals surface area contributed by atoms with Gasteiger partial charge in [-0.05, 0) is 26.3 Å². The van der Waals surface area contributed by atoms with E-state index in [0.717, 1.165) is 11.4 Å². The lowest BCUT2D eigenvalue weighted by Crippen LogP contribution is -2.49. The van der Waals surface area contributed by atoms with Crippen LogP contribution in [-0.2, 0) is 0 Å². The highest BCUT2D eigenvalue weighted by molar-refractivity contribution is 5.98. The lowest BCUT2D eigenvalue weighted by Gasteiger charge is -2.31. The number of hydrogen-bond acceptors (Lipinski definition) is 4. The number of rotatable bonds is 4. The van der Waals surface area contributed by atoms with E-state index in [0.29, 0.717) is 12.4 Å². The Bertz CT molecular complexity index is 664. The average Bonchev–Trinajstić information content (AvgIpc) is 2.96. The second kappa shape index (κ2) is 5.81. The van der Waals surface area contributed by atoms with Gasteiger partial charge in [0, 0.05) is 12.1 Å². The number of hydrogen-bond donors (Lipinski definition) is 2. The van der Waals surface area contributed by atoms with Crippen molar-refractivity contribution in [3.05, 3.63) is 47.9 Å². The Hall–Kier alpha value is -2.34. The fourth-order valence-electron chi connectivity index (χ4n) is 2.59. The lowest BCUT2D eigenvalue weighted by molar-refractivity contribution is 0.0624. The molecule has 1 atom stereocenters. The molecule has 0 fully saturated rings. The summed E-state index contributed by atoms with van der Waals surface area (Å²) in [5.41, 5.74) is 4.83. The van der Waals surface area contributed by atoms with Crippen molar-refractivity contribution in [3.63, 3.8) is 0 Å². The molecule has 0 bridgehead atoms. The summed E-state index contributed by atoms with van der Waals surface area (Å²) in [6, 6.07) is 10.4. The Kier molecular flexibility index (Phi) is 3.85. The number of carbonyl (C=O) groups excluding carboxylic acids is 1. The number of fused-ring (bicyclic) bond motifs is 1. The maximum absolute atomic E-state index is 12.6. The van der Waals surface area contributed by atoms with Crippen molar-refractivity contribution in [2.45, 2.75) is 32.9 Å². The molecule has 1 amide bonds. The molecular weight excluding hydrogens is 278 g/mol. The van der Waals surface area contributed by atoms with Gasteiger partial charge in [-0.25, -0.2) is 10.4 Å². The first-order chi connectivity index (χ1) is 10.6. The van der Waals surface area contributed by atoms with Gasteiger partial charge in [-0.3, -0.25) is 9.80 Å². The van der Waals surface area contributed by atoms with Gasteiger partial charge in [0.05, 0.1) is 6.33 Å². The molecular formula is C16H21N5O. The molecule has 1 aliphatic rings. The van der Waals surface area contributed by atoms with Crippen molar-refractivity contribution in [3.8, 4) is 0 Å². The number of amides is 1. The van der Waals surface area contributed by atoms with Crippen LogP contribution < -0.4 is 10.7 Å². The molecule has 1 aromatic heterocycles. The van der Waals surface area contributed by atoms with E-state index in [9.17, 15) is 4.79 Å². The zero-order chi connectivity index (χ0) is 15.7. The molecule has 0 saturated heterocycles. The standard InChI is InChI=1S/C16H21N5O/c1-11(2)20-9-17-14-15(20)18-10-21(16(14)22)19-12(3)13-7-5-4-6-8-13/h4-9,11-12,18-19H,10H2,1-3H3. The van der Waals surface area contributed by atoms with Crippen molar-refractivity contribution >= 4 is 11.7 Å². The van der Waals surface area contributed by atoms with Crippen LogP contribution in [0.25, 0.3) is 0 Å². The van der Waals surface area contributed by atoms with E-state index in [1.165, 1.54) is 0 Å². The Labute approximate surface area is 130 Å². The van der Waals surface area contributed by atoms with E-state index < -0.39 is 0 Å². The van der Waals surface area contributed by atoms with Crippen LogP contribution >= 0.6 is 0 Å². The molecule has 2 aromatic rings. The van der Waals surface area contributed by atoms with Crippen LogP contribution in [-0.4, -0.2) is 27.1 Å². The first kappa shape index (κ1) is 14.6. The molecule has 1 unspecified atom stereocenters. The first-order valence-corrected chi connectivity index (χ1v) is 7.51. The van der Waals surface area contributed by atoms with Gasteiger partial charge < -0.3 is 9.88 Å². The Morgan fingerprint density at radius 1 is 1.23 bits per heavy atom. The predicted octanol–water partition coefficient (Wildman–Crippen LogP) is 2.56. The van der Waals surface area contributed by atoms with E-state index in [1.807, 2.05) is 41.8 Å². The number of aromatic nitrogens is 2. The van der Waals surface area contributed by atoms with Crippen molar-refractivity contribution in [1.29, 1.82) is 0 Å². The maximum Gasteiger partial charge on any atom is 0.292 e. The van der Waals surface area contributed by atoms with Crippen LogP contribution in [0.2, 0.25) is 0 Å². The Morgan fingerprint density at radius 3 is 2.64 bits per heavy atom. The molecule has 2 N–H and O–H groups in total. The molecule has 6 nitrogen and oxygen atoms in total. The monoisotopic (exact) mass is 299 g/mol. The molecule has 3 rings (SSSR count). The van der Waals surface area contributed by atoms with Gasteiger partial charge in [0.25, 0.3) is 5.91 Å². The quantitative estimate of drug-likeness (QED) is 0.911. The van der Waals surface area contributed by atoms with Crippen molar-refractivity contribution in [1.82, 2.24) is 20.0 Å². The number of carbonyl (C=O) groups is 1. The molecule has 0 saturated carbocycles. The minimum Gasteiger partial charge on any atom is -0.351 e. The topological polar surface area (TPSA) is 62.2 Å². The largest absolute Gasteiger partial charge is 0.351 e. The summed E-state index contributed by atoms with van der Waals surface area (Å²) in [4.78, 5) is 16.8. The van der Waals surface area contributed by atoms with E-state index in [4.69, 9.17) is 0 Å². The van der Waals surface area contributed by atoms with Gasteiger partial charge in [-0.2, -0.15) is 0 Å². The molecule has 0 aliphatic carbocycles. The number of nitrogens with zero attached hydrogens (tertiary/aromatic N) is 3. The fourth-order valence-corrected chi connectivity index (χ4v) is 2.59. The Morgan fingerprint density at radius 2 is 1.95 bits per heavy atom. The number of benzene rings is 1. The van der Waals surface area contributed by atoms with E-state index in [-0.39, 0.29) is 18.0 Å². The number of imidazole rings is 1. The number of anilines is 1. The number of hydrazine groups is 1. The van der Waals surface area contributed by atoms with Crippen LogP contribution in [0.4, 0.5) is 5.82 Å². The molecule has 1 aliphatic heterocycles. The highest BCUT2D eigenvalue weighted by Gasteiger charge is 2.29. The zero-order valence-corrected chi connectivity index (χ0v) is 13.1. The van der Waals surface area contributed by atoms with E-state index in [1.54, 1.807) is 11.3 Å². The van der Waals surface area contributed by atoms with Gasteiger partial charge in [0.2, 0.25) is 0 Å². The minimum atomic E-state index is -0.101. The summed E-state index contributed by atoms with van der Waals surface area (Å²) in [6.07, 6.45) is 1.71. The fraction of sp³-hybridized carbons (Fsp3) is 0.375. The van der Waals surface area contributed by atoms with Crippen molar-refractivity contribution < 1.29 is 4.79 Å². The van der Waals surface area contributed by atoms with Gasteiger partial charge in [0.1, 0.15) is 12.5 Å². The van der Waals surface area contributed by atoms with Gasteiger partial charge in [0.15, 0.2) is 5.69 Å². The number of nitrogens with one attached hydrogen (secondary N) is 2. The van der Waals surface area contributed by atoms with E-state index >= 15 is 0 Å².